The summed E-state index contributed by atoms with van der Waals surface area (Å²) in [5.74, 6) is 0. The third-order valence-corrected chi connectivity index (χ3v) is 4.79. The molecule has 1 saturated carbocycles. The molecule has 2 aliphatic rings. The van der Waals surface area contributed by atoms with E-state index in [1.807, 2.05) is 25.7 Å². The number of likely N-dealkylation sites (tertiary alicyclic amines) is 1. The van der Waals surface area contributed by atoms with Crippen LogP contribution in [0.3, 0.4) is 0 Å². The van der Waals surface area contributed by atoms with Crippen LogP contribution in [0.2, 0.25) is 0 Å². The second-order valence-electron chi connectivity index (χ2n) is 8.14. The molecule has 0 aromatic carbocycles. The minimum Gasteiger partial charge on any atom is -0.444 e. The fourth-order valence-electron chi connectivity index (χ4n) is 3.25. The summed E-state index contributed by atoms with van der Waals surface area (Å²) in [4.78, 5) is 13.9. The van der Waals surface area contributed by atoms with Gasteiger partial charge in [-0.15, -0.1) is 0 Å². The largest absolute Gasteiger partial charge is 0.444 e. The number of nitrogens with one attached hydrogen (secondary N) is 1. The zero-order chi connectivity index (χ0) is 15.5. The van der Waals surface area contributed by atoms with Gasteiger partial charge in [-0.2, -0.15) is 0 Å². The molecule has 1 N–H and O–H groups in total. The minimum absolute atomic E-state index is 0.159. The second-order valence-corrected chi connectivity index (χ2v) is 8.14. The first-order chi connectivity index (χ1) is 9.77. The number of piperidine rings is 1. The summed E-state index contributed by atoms with van der Waals surface area (Å²) >= 11 is 0. The van der Waals surface area contributed by atoms with E-state index in [4.69, 9.17) is 4.74 Å². The first kappa shape index (κ1) is 16.6. The zero-order valence-electron chi connectivity index (χ0n) is 14.2. The molecular weight excluding hydrogens is 264 g/mol. The number of nitrogens with zero attached hydrogens (tertiary/aromatic N) is 1. The Balaban J connectivity index is 1.74. The van der Waals surface area contributed by atoms with Crippen LogP contribution in [0.1, 0.15) is 66.2 Å². The van der Waals surface area contributed by atoms with Crippen LogP contribution < -0.4 is 5.32 Å². The van der Waals surface area contributed by atoms with E-state index in [9.17, 15) is 4.79 Å². The van der Waals surface area contributed by atoms with Crippen LogP contribution in [0, 0.1) is 5.41 Å². The first-order valence-electron chi connectivity index (χ1n) is 8.49. The van der Waals surface area contributed by atoms with Crippen molar-refractivity contribution in [2.24, 2.45) is 5.41 Å². The molecular formula is C17H32N2O2. The Morgan fingerprint density at radius 3 is 2.33 bits per heavy atom. The number of carbonyl (C=O) groups is 1. The maximum Gasteiger partial charge on any atom is 0.410 e. The van der Waals surface area contributed by atoms with Gasteiger partial charge in [-0.1, -0.05) is 19.8 Å². The Morgan fingerprint density at radius 2 is 1.81 bits per heavy atom. The predicted octanol–water partition coefficient (Wildman–Crippen LogP) is 3.56. The standard InChI is InChI=1S/C17H32N2O2/c1-16(2,3)21-15(20)19-11-9-17(4,10-12-19)13-18-14-7-5-6-8-14/h14,18H,5-13H2,1-4H3. The molecule has 1 amide bonds. The molecule has 1 heterocycles. The van der Waals surface area contributed by atoms with Gasteiger partial charge in [-0.25, -0.2) is 4.79 Å². The van der Waals surface area contributed by atoms with Crippen LogP contribution in [-0.2, 0) is 4.74 Å². The van der Waals surface area contributed by atoms with Crippen molar-refractivity contribution in [1.82, 2.24) is 10.2 Å². The van der Waals surface area contributed by atoms with Crippen LogP contribution >= 0.6 is 0 Å². The van der Waals surface area contributed by atoms with E-state index >= 15 is 0 Å². The highest BCUT2D eigenvalue weighted by Crippen LogP contribution is 2.31. The van der Waals surface area contributed by atoms with Gasteiger partial charge in [0.15, 0.2) is 0 Å². The monoisotopic (exact) mass is 296 g/mol. The van der Waals surface area contributed by atoms with Gasteiger partial charge in [0.25, 0.3) is 0 Å². The summed E-state index contributed by atoms with van der Waals surface area (Å²) in [5, 5.41) is 3.74. The van der Waals surface area contributed by atoms with Gasteiger partial charge < -0.3 is 15.0 Å². The highest BCUT2D eigenvalue weighted by molar-refractivity contribution is 5.68. The average Bonchev–Trinajstić information content (AvgIpc) is 2.88. The number of amides is 1. The Kier molecular flexibility index (Phi) is 5.18. The number of hydrogen-bond donors (Lipinski definition) is 1. The third kappa shape index (κ3) is 5.17. The molecule has 0 aromatic heterocycles. The second kappa shape index (κ2) is 6.55. The van der Waals surface area contributed by atoms with Crippen molar-refractivity contribution in [3.63, 3.8) is 0 Å². The highest BCUT2D eigenvalue weighted by atomic mass is 16.6. The van der Waals surface area contributed by atoms with Gasteiger partial charge in [0.05, 0.1) is 0 Å². The van der Waals surface area contributed by atoms with E-state index in [1.165, 1.54) is 25.7 Å². The third-order valence-electron chi connectivity index (χ3n) is 4.79. The lowest BCUT2D eigenvalue weighted by molar-refractivity contribution is 0.0117. The molecule has 1 aliphatic carbocycles. The van der Waals surface area contributed by atoms with Crippen LogP contribution in [0.4, 0.5) is 4.79 Å². The number of ether oxygens (including phenoxy) is 1. The molecule has 2 fully saturated rings. The lowest BCUT2D eigenvalue weighted by Gasteiger charge is -2.40. The molecule has 0 spiro atoms. The average molecular weight is 296 g/mol. The lowest BCUT2D eigenvalue weighted by atomic mass is 9.80. The van der Waals surface area contributed by atoms with Gasteiger partial charge in [-0.05, 0) is 51.9 Å². The molecule has 4 heteroatoms. The normalized spacial score (nSPS) is 23.3. The van der Waals surface area contributed by atoms with Crippen LogP contribution in [0.5, 0.6) is 0 Å². The van der Waals surface area contributed by atoms with Gasteiger partial charge in [0, 0.05) is 25.7 Å². The molecule has 4 nitrogen and oxygen atoms in total. The molecule has 1 aliphatic heterocycles. The first-order valence-corrected chi connectivity index (χ1v) is 8.49. The molecule has 0 bridgehead atoms. The maximum absolute atomic E-state index is 12.1. The summed E-state index contributed by atoms with van der Waals surface area (Å²) in [6, 6.07) is 0.728. The molecule has 0 radical (unpaired) electrons. The smallest absolute Gasteiger partial charge is 0.410 e. The van der Waals surface area contributed by atoms with E-state index in [1.54, 1.807) is 0 Å². The Hall–Kier alpha value is -0.770. The molecule has 122 valence electrons. The van der Waals surface area contributed by atoms with Crippen molar-refractivity contribution < 1.29 is 9.53 Å². The lowest BCUT2D eigenvalue weighted by Crippen LogP contribution is -2.48. The van der Waals surface area contributed by atoms with E-state index in [2.05, 4.69) is 12.2 Å². The summed E-state index contributed by atoms with van der Waals surface area (Å²) < 4.78 is 5.46. The van der Waals surface area contributed by atoms with E-state index in [0.717, 1.165) is 38.5 Å². The molecule has 2 rings (SSSR count). The van der Waals surface area contributed by atoms with Crippen LogP contribution in [0.15, 0.2) is 0 Å². The van der Waals surface area contributed by atoms with Crippen molar-refractivity contribution in [3.8, 4) is 0 Å². The van der Waals surface area contributed by atoms with Gasteiger partial charge in [-0.3, -0.25) is 0 Å². The highest BCUT2D eigenvalue weighted by Gasteiger charge is 2.34. The Morgan fingerprint density at radius 1 is 1.24 bits per heavy atom. The predicted molar refractivity (Wildman–Crippen MR) is 85.4 cm³/mol. The molecule has 21 heavy (non-hydrogen) atoms. The number of hydrogen-bond acceptors (Lipinski definition) is 3. The van der Waals surface area contributed by atoms with Gasteiger partial charge in [0.1, 0.15) is 5.60 Å². The van der Waals surface area contributed by atoms with Crippen molar-refractivity contribution in [3.05, 3.63) is 0 Å². The SMILES string of the molecule is CC1(CNC2CCCC2)CCN(C(=O)OC(C)(C)C)CC1. The van der Waals surface area contributed by atoms with Crippen molar-refractivity contribution in [2.75, 3.05) is 19.6 Å². The summed E-state index contributed by atoms with van der Waals surface area (Å²) in [6.45, 7) is 10.8. The van der Waals surface area contributed by atoms with E-state index < -0.39 is 5.60 Å². The number of carbonyl (C=O) groups excluding carboxylic acids is 1. The molecule has 1 saturated heterocycles. The zero-order valence-corrected chi connectivity index (χ0v) is 14.2. The van der Waals surface area contributed by atoms with E-state index in [-0.39, 0.29) is 6.09 Å². The van der Waals surface area contributed by atoms with Crippen LogP contribution in [-0.4, -0.2) is 42.3 Å². The van der Waals surface area contributed by atoms with Crippen molar-refractivity contribution >= 4 is 6.09 Å². The maximum atomic E-state index is 12.1. The topological polar surface area (TPSA) is 41.6 Å². The van der Waals surface area contributed by atoms with Crippen molar-refractivity contribution in [2.45, 2.75) is 77.9 Å². The van der Waals surface area contributed by atoms with Gasteiger partial charge >= 0.3 is 6.09 Å². The fraction of sp³-hybridized carbons (Fsp3) is 0.941. The van der Waals surface area contributed by atoms with Gasteiger partial charge in [0.2, 0.25) is 0 Å². The Bertz CT molecular complexity index is 348. The van der Waals surface area contributed by atoms with Crippen LogP contribution in [0.25, 0.3) is 0 Å². The summed E-state index contributed by atoms with van der Waals surface area (Å²) in [6.07, 6.45) is 7.38. The quantitative estimate of drug-likeness (QED) is 0.866. The van der Waals surface area contributed by atoms with Crippen molar-refractivity contribution in [1.29, 1.82) is 0 Å². The molecule has 0 unspecified atom stereocenters. The minimum atomic E-state index is -0.401. The fourth-order valence-corrected chi connectivity index (χ4v) is 3.25. The Labute approximate surface area is 129 Å². The summed E-state index contributed by atoms with van der Waals surface area (Å²) in [5.41, 5.74) is -0.0804. The molecule has 0 aromatic rings. The summed E-state index contributed by atoms with van der Waals surface area (Å²) in [7, 11) is 0. The molecule has 0 atom stereocenters. The van der Waals surface area contributed by atoms with E-state index in [0.29, 0.717) is 5.41 Å². The number of rotatable bonds is 3.